The highest BCUT2D eigenvalue weighted by atomic mass is 16.1. The van der Waals surface area contributed by atoms with Crippen LogP contribution >= 0.6 is 0 Å². The molecule has 0 heterocycles. The third-order valence-corrected chi connectivity index (χ3v) is 3.52. The Bertz CT molecular complexity index is 638. The van der Waals surface area contributed by atoms with Crippen molar-refractivity contribution in [1.82, 2.24) is 0 Å². The lowest BCUT2D eigenvalue weighted by Gasteiger charge is -2.34. The van der Waals surface area contributed by atoms with Crippen LogP contribution in [0.25, 0.3) is 10.8 Å². The van der Waals surface area contributed by atoms with Crippen LogP contribution in [-0.2, 0) is 10.2 Å². The van der Waals surface area contributed by atoms with Crippen LogP contribution in [0.3, 0.4) is 0 Å². The first-order valence-corrected chi connectivity index (χ1v) is 5.66. The van der Waals surface area contributed by atoms with Crippen molar-refractivity contribution in [3.05, 3.63) is 48.0 Å². The highest BCUT2D eigenvalue weighted by molar-refractivity contribution is 5.95. The second-order valence-corrected chi connectivity index (χ2v) is 4.61. The van der Waals surface area contributed by atoms with Crippen molar-refractivity contribution in [1.29, 1.82) is 5.26 Å². The van der Waals surface area contributed by atoms with E-state index < -0.39 is 5.41 Å². The minimum absolute atomic E-state index is 0.180. The third-order valence-electron chi connectivity index (χ3n) is 3.52. The molecule has 0 N–H and O–H groups in total. The van der Waals surface area contributed by atoms with Crippen LogP contribution in [0, 0.1) is 11.3 Å². The van der Waals surface area contributed by atoms with E-state index in [9.17, 15) is 10.1 Å². The van der Waals surface area contributed by atoms with Gasteiger partial charge in [0.15, 0.2) is 0 Å². The van der Waals surface area contributed by atoms with Crippen LogP contribution in [0.1, 0.15) is 18.4 Å². The van der Waals surface area contributed by atoms with Crippen molar-refractivity contribution in [2.45, 2.75) is 18.3 Å². The number of nitrogens with zero attached hydrogens (tertiary/aromatic N) is 1. The SMILES string of the molecule is N#CC1(c2cccc3ccccc23)CC(=O)C1. The van der Waals surface area contributed by atoms with Gasteiger partial charge in [0.2, 0.25) is 0 Å². The van der Waals surface area contributed by atoms with Gasteiger partial charge in [-0.2, -0.15) is 5.26 Å². The summed E-state index contributed by atoms with van der Waals surface area (Å²) in [7, 11) is 0. The average molecular weight is 221 g/mol. The first-order chi connectivity index (χ1) is 8.25. The summed E-state index contributed by atoms with van der Waals surface area (Å²) in [5.41, 5.74) is 0.413. The maximum absolute atomic E-state index is 11.2. The molecule has 0 aromatic heterocycles. The number of rotatable bonds is 1. The van der Waals surface area contributed by atoms with Gasteiger partial charge in [-0.1, -0.05) is 42.5 Å². The number of fused-ring (bicyclic) bond motifs is 1. The summed E-state index contributed by atoms with van der Waals surface area (Å²) in [5, 5.41) is 11.6. The molecular formula is C15H11NO. The Kier molecular flexibility index (Phi) is 2.02. The number of hydrogen-bond donors (Lipinski definition) is 0. The fourth-order valence-electron chi connectivity index (χ4n) is 2.59. The van der Waals surface area contributed by atoms with E-state index in [1.165, 1.54) is 0 Å². The summed E-state index contributed by atoms with van der Waals surface area (Å²) < 4.78 is 0. The normalized spacial score (nSPS) is 17.5. The summed E-state index contributed by atoms with van der Waals surface area (Å²) in [6.45, 7) is 0. The Morgan fingerprint density at radius 2 is 1.76 bits per heavy atom. The summed E-state index contributed by atoms with van der Waals surface area (Å²) in [6.07, 6.45) is 0.717. The first-order valence-electron chi connectivity index (χ1n) is 5.66. The topological polar surface area (TPSA) is 40.9 Å². The molecule has 0 aliphatic heterocycles. The second kappa shape index (κ2) is 3.43. The molecule has 0 atom stereocenters. The molecular weight excluding hydrogens is 210 g/mol. The van der Waals surface area contributed by atoms with Gasteiger partial charge in [-0.05, 0) is 16.3 Å². The Labute approximate surface area is 99.5 Å². The summed E-state index contributed by atoms with van der Waals surface area (Å²) in [4.78, 5) is 11.2. The number of benzene rings is 2. The zero-order valence-corrected chi connectivity index (χ0v) is 9.31. The van der Waals surface area contributed by atoms with E-state index in [4.69, 9.17) is 0 Å². The van der Waals surface area contributed by atoms with Gasteiger partial charge in [0, 0.05) is 12.8 Å². The molecule has 1 aliphatic rings. The lowest BCUT2D eigenvalue weighted by Crippen LogP contribution is -2.40. The van der Waals surface area contributed by atoms with Crippen molar-refractivity contribution < 1.29 is 4.79 Å². The van der Waals surface area contributed by atoms with Gasteiger partial charge in [0.1, 0.15) is 5.78 Å². The number of carbonyl (C=O) groups excluding carboxylic acids is 1. The Morgan fingerprint density at radius 1 is 1.06 bits per heavy atom. The van der Waals surface area contributed by atoms with Crippen LogP contribution in [-0.4, -0.2) is 5.78 Å². The Morgan fingerprint density at radius 3 is 2.47 bits per heavy atom. The van der Waals surface area contributed by atoms with Crippen molar-refractivity contribution in [2.75, 3.05) is 0 Å². The van der Waals surface area contributed by atoms with E-state index >= 15 is 0 Å². The molecule has 0 amide bonds. The molecule has 2 nitrogen and oxygen atoms in total. The molecule has 17 heavy (non-hydrogen) atoms. The molecule has 82 valence electrons. The van der Waals surface area contributed by atoms with Gasteiger partial charge in [0.25, 0.3) is 0 Å². The molecule has 0 saturated heterocycles. The molecule has 1 saturated carbocycles. The maximum atomic E-state index is 11.2. The molecule has 3 rings (SSSR count). The van der Waals surface area contributed by atoms with Crippen LogP contribution < -0.4 is 0 Å². The minimum atomic E-state index is -0.585. The lowest BCUT2D eigenvalue weighted by molar-refractivity contribution is -0.126. The van der Waals surface area contributed by atoms with E-state index in [1.807, 2.05) is 42.5 Å². The van der Waals surface area contributed by atoms with Crippen LogP contribution in [0.2, 0.25) is 0 Å². The Balaban J connectivity index is 2.25. The average Bonchev–Trinajstić information content (AvgIpc) is 2.34. The van der Waals surface area contributed by atoms with Crippen molar-refractivity contribution >= 4 is 16.6 Å². The molecule has 2 aromatic rings. The highest BCUT2D eigenvalue weighted by Crippen LogP contribution is 2.43. The van der Waals surface area contributed by atoms with Gasteiger partial charge in [-0.25, -0.2) is 0 Å². The van der Waals surface area contributed by atoms with Gasteiger partial charge < -0.3 is 0 Å². The zero-order valence-electron chi connectivity index (χ0n) is 9.31. The first kappa shape index (κ1) is 10.0. The standard InChI is InChI=1S/C15H11NO/c16-10-15(8-12(17)9-15)14-7-3-5-11-4-1-2-6-13(11)14/h1-7H,8-9H2. The van der Waals surface area contributed by atoms with E-state index in [1.54, 1.807) is 0 Å². The van der Waals surface area contributed by atoms with Crippen molar-refractivity contribution in [2.24, 2.45) is 0 Å². The predicted octanol–water partition coefficient (Wildman–Crippen LogP) is 2.96. The van der Waals surface area contributed by atoms with E-state index in [0.29, 0.717) is 12.8 Å². The van der Waals surface area contributed by atoms with Gasteiger partial charge in [-0.3, -0.25) is 4.79 Å². The summed E-state index contributed by atoms with van der Waals surface area (Å²) in [6, 6.07) is 16.3. The predicted molar refractivity (Wildman–Crippen MR) is 65.5 cm³/mol. The van der Waals surface area contributed by atoms with Crippen molar-refractivity contribution in [3.63, 3.8) is 0 Å². The zero-order chi connectivity index (χ0) is 11.9. The number of carbonyl (C=O) groups is 1. The van der Waals surface area contributed by atoms with Crippen LogP contribution in [0.4, 0.5) is 0 Å². The molecule has 0 unspecified atom stereocenters. The maximum Gasteiger partial charge on any atom is 0.136 e. The molecule has 0 spiro atoms. The molecule has 1 aliphatic carbocycles. The summed E-state index contributed by atoms with van der Waals surface area (Å²) >= 11 is 0. The highest BCUT2D eigenvalue weighted by Gasteiger charge is 2.46. The van der Waals surface area contributed by atoms with E-state index in [0.717, 1.165) is 16.3 Å². The van der Waals surface area contributed by atoms with Crippen LogP contribution in [0.15, 0.2) is 42.5 Å². The second-order valence-electron chi connectivity index (χ2n) is 4.61. The minimum Gasteiger partial charge on any atom is -0.300 e. The molecule has 0 bridgehead atoms. The number of ketones is 1. The fraction of sp³-hybridized carbons (Fsp3) is 0.200. The van der Waals surface area contributed by atoms with E-state index in [-0.39, 0.29) is 5.78 Å². The molecule has 0 radical (unpaired) electrons. The fourth-order valence-corrected chi connectivity index (χ4v) is 2.59. The number of hydrogen-bond acceptors (Lipinski definition) is 2. The smallest absolute Gasteiger partial charge is 0.136 e. The largest absolute Gasteiger partial charge is 0.300 e. The van der Waals surface area contributed by atoms with Crippen LogP contribution in [0.5, 0.6) is 0 Å². The molecule has 1 fully saturated rings. The van der Waals surface area contributed by atoms with Crippen molar-refractivity contribution in [3.8, 4) is 6.07 Å². The third kappa shape index (κ3) is 1.36. The van der Waals surface area contributed by atoms with Gasteiger partial charge in [-0.15, -0.1) is 0 Å². The molecule has 2 aromatic carbocycles. The molecule has 2 heteroatoms. The quantitative estimate of drug-likeness (QED) is 0.742. The number of nitriles is 1. The monoisotopic (exact) mass is 221 g/mol. The van der Waals surface area contributed by atoms with Gasteiger partial charge in [0.05, 0.1) is 11.5 Å². The Hall–Kier alpha value is -2.14. The lowest BCUT2D eigenvalue weighted by atomic mass is 9.64. The number of Topliss-reactive ketones (excluding diaryl/α,β-unsaturated/α-hetero) is 1. The van der Waals surface area contributed by atoms with Gasteiger partial charge >= 0.3 is 0 Å². The summed E-state index contributed by atoms with van der Waals surface area (Å²) in [5.74, 6) is 0.180. The van der Waals surface area contributed by atoms with E-state index in [2.05, 4.69) is 6.07 Å².